The Labute approximate surface area is 139 Å². The van der Waals surface area contributed by atoms with E-state index < -0.39 is 0 Å². The van der Waals surface area contributed by atoms with Crippen LogP contribution in [0.4, 0.5) is 5.82 Å². The Morgan fingerprint density at radius 2 is 2.25 bits per heavy atom. The third-order valence-corrected chi connectivity index (χ3v) is 4.45. The molecule has 8 heteroatoms. The molecule has 1 aliphatic rings. The lowest BCUT2D eigenvalue weighted by Gasteiger charge is -2.33. The third kappa shape index (κ3) is 2.72. The smallest absolute Gasteiger partial charge is 0.254 e. The van der Waals surface area contributed by atoms with Crippen molar-refractivity contribution in [2.45, 2.75) is 45.4 Å². The van der Waals surface area contributed by atoms with Gasteiger partial charge in [-0.1, -0.05) is 18.5 Å². The van der Waals surface area contributed by atoms with Gasteiger partial charge in [0.2, 0.25) is 5.89 Å². The van der Waals surface area contributed by atoms with Crippen LogP contribution < -0.4 is 4.90 Å². The van der Waals surface area contributed by atoms with Crippen molar-refractivity contribution in [3.05, 3.63) is 29.8 Å². The molecule has 1 atom stereocenters. The molecule has 1 saturated heterocycles. The Kier molecular flexibility index (Phi) is 3.87. The first-order valence-electron chi connectivity index (χ1n) is 8.49. The van der Waals surface area contributed by atoms with Crippen LogP contribution in [0.25, 0.3) is 5.78 Å². The third-order valence-electron chi connectivity index (χ3n) is 4.45. The van der Waals surface area contributed by atoms with Crippen molar-refractivity contribution >= 4 is 11.6 Å². The van der Waals surface area contributed by atoms with E-state index in [0.29, 0.717) is 11.7 Å². The topological polar surface area (TPSA) is 85.2 Å². The van der Waals surface area contributed by atoms with E-state index in [0.717, 1.165) is 56.1 Å². The first-order chi connectivity index (χ1) is 11.7. The van der Waals surface area contributed by atoms with E-state index in [-0.39, 0.29) is 5.92 Å². The molecule has 0 N–H and O–H groups in total. The highest BCUT2D eigenvalue weighted by atomic mass is 16.5. The van der Waals surface area contributed by atoms with Crippen LogP contribution in [0.3, 0.4) is 0 Å². The summed E-state index contributed by atoms with van der Waals surface area (Å²) in [5, 5.41) is 8.46. The molecule has 3 aromatic heterocycles. The van der Waals surface area contributed by atoms with E-state index in [1.54, 1.807) is 6.33 Å². The fraction of sp³-hybridized carbons (Fsp3) is 0.562. The number of piperidine rings is 1. The van der Waals surface area contributed by atoms with Gasteiger partial charge in [-0.15, -0.1) is 0 Å². The van der Waals surface area contributed by atoms with Gasteiger partial charge in [0.05, 0.1) is 0 Å². The van der Waals surface area contributed by atoms with Gasteiger partial charge in [0.25, 0.3) is 5.78 Å². The summed E-state index contributed by atoms with van der Waals surface area (Å²) >= 11 is 0. The second-order valence-corrected chi connectivity index (χ2v) is 6.28. The second-order valence-electron chi connectivity index (χ2n) is 6.28. The summed E-state index contributed by atoms with van der Waals surface area (Å²) < 4.78 is 6.97. The fourth-order valence-corrected chi connectivity index (χ4v) is 3.33. The molecule has 0 bridgehead atoms. The molecule has 0 radical (unpaired) electrons. The lowest BCUT2D eigenvalue weighted by Crippen LogP contribution is -2.36. The summed E-state index contributed by atoms with van der Waals surface area (Å²) in [6.07, 6.45) is 5.72. The molecule has 3 aromatic rings. The predicted molar refractivity (Wildman–Crippen MR) is 88.0 cm³/mol. The van der Waals surface area contributed by atoms with Gasteiger partial charge in [0, 0.05) is 37.7 Å². The van der Waals surface area contributed by atoms with Crippen LogP contribution in [0.1, 0.15) is 49.5 Å². The van der Waals surface area contributed by atoms with Crippen LogP contribution in [-0.4, -0.2) is 42.8 Å². The van der Waals surface area contributed by atoms with Crippen LogP contribution in [0, 0.1) is 6.92 Å². The van der Waals surface area contributed by atoms with Crippen molar-refractivity contribution in [1.82, 2.24) is 29.7 Å². The van der Waals surface area contributed by atoms with Crippen molar-refractivity contribution < 1.29 is 4.52 Å². The highest BCUT2D eigenvalue weighted by Gasteiger charge is 2.27. The summed E-state index contributed by atoms with van der Waals surface area (Å²) in [5.41, 5.74) is 1.06. The molecule has 0 amide bonds. The highest BCUT2D eigenvalue weighted by Crippen LogP contribution is 2.29. The minimum absolute atomic E-state index is 0.276. The van der Waals surface area contributed by atoms with Gasteiger partial charge in [-0.25, -0.2) is 4.98 Å². The van der Waals surface area contributed by atoms with E-state index in [1.807, 2.05) is 11.4 Å². The van der Waals surface area contributed by atoms with Crippen LogP contribution in [-0.2, 0) is 6.42 Å². The maximum atomic E-state index is 5.15. The average molecular weight is 327 g/mol. The molecular weight excluding hydrogens is 306 g/mol. The van der Waals surface area contributed by atoms with Crippen molar-refractivity contribution in [2.24, 2.45) is 0 Å². The van der Waals surface area contributed by atoms with Crippen LogP contribution in [0.5, 0.6) is 0 Å². The number of nitrogens with zero attached hydrogens (tertiary/aromatic N) is 7. The van der Waals surface area contributed by atoms with E-state index >= 15 is 0 Å². The van der Waals surface area contributed by atoms with Gasteiger partial charge in [0.1, 0.15) is 12.1 Å². The zero-order valence-electron chi connectivity index (χ0n) is 14.0. The van der Waals surface area contributed by atoms with Gasteiger partial charge in [-0.2, -0.15) is 19.6 Å². The maximum Gasteiger partial charge on any atom is 0.254 e. The number of hydrogen-bond acceptors (Lipinski definition) is 7. The van der Waals surface area contributed by atoms with Crippen molar-refractivity contribution in [1.29, 1.82) is 0 Å². The Balaban J connectivity index is 1.67. The zero-order chi connectivity index (χ0) is 16.5. The Morgan fingerprint density at radius 1 is 1.33 bits per heavy atom. The average Bonchev–Trinajstić information content (AvgIpc) is 3.23. The Hall–Kier alpha value is -2.51. The SMILES string of the molecule is CCCc1cc(N2CCC[C@H](c3noc(C)n3)C2)n2ncnc2n1. The number of fused-ring (bicyclic) bond motifs is 1. The number of aryl methyl sites for hydroxylation is 2. The minimum Gasteiger partial charge on any atom is -0.356 e. The zero-order valence-corrected chi connectivity index (χ0v) is 14.0. The largest absolute Gasteiger partial charge is 0.356 e. The molecule has 4 heterocycles. The lowest BCUT2D eigenvalue weighted by atomic mass is 9.97. The molecule has 0 spiro atoms. The number of rotatable bonds is 4. The first kappa shape index (κ1) is 15.0. The minimum atomic E-state index is 0.276. The van der Waals surface area contributed by atoms with Crippen molar-refractivity contribution in [2.75, 3.05) is 18.0 Å². The highest BCUT2D eigenvalue weighted by molar-refractivity contribution is 5.48. The van der Waals surface area contributed by atoms with Crippen LogP contribution in [0.15, 0.2) is 16.9 Å². The van der Waals surface area contributed by atoms with E-state index in [4.69, 9.17) is 4.52 Å². The van der Waals surface area contributed by atoms with Crippen LogP contribution >= 0.6 is 0 Å². The van der Waals surface area contributed by atoms with E-state index in [9.17, 15) is 0 Å². The van der Waals surface area contributed by atoms with Crippen molar-refractivity contribution in [3.8, 4) is 0 Å². The van der Waals surface area contributed by atoms with Gasteiger partial charge in [-0.05, 0) is 19.3 Å². The first-order valence-corrected chi connectivity index (χ1v) is 8.49. The van der Waals surface area contributed by atoms with E-state index in [2.05, 4.69) is 43.1 Å². The summed E-state index contributed by atoms with van der Waals surface area (Å²) in [5.74, 6) is 3.40. The van der Waals surface area contributed by atoms with E-state index in [1.165, 1.54) is 0 Å². The molecular formula is C16H21N7O. The number of anilines is 1. The normalized spacial score (nSPS) is 18.4. The number of aromatic nitrogens is 6. The molecule has 1 aliphatic heterocycles. The molecule has 0 aliphatic carbocycles. The molecule has 0 saturated carbocycles. The molecule has 4 rings (SSSR count). The summed E-state index contributed by atoms with van der Waals surface area (Å²) in [4.78, 5) is 15.6. The lowest BCUT2D eigenvalue weighted by molar-refractivity contribution is 0.376. The maximum absolute atomic E-state index is 5.15. The van der Waals surface area contributed by atoms with Crippen LogP contribution in [0.2, 0.25) is 0 Å². The molecule has 0 unspecified atom stereocenters. The standard InChI is InChI=1S/C16H21N7O/c1-3-5-13-8-14(23-16(20-13)17-10-18-23)22-7-4-6-12(9-22)15-19-11(2)24-21-15/h8,10,12H,3-7,9H2,1-2H3/t12-/m0/s1. The Bertz CT molecular complexity index is 840. The predicted octanol–water partition coefficient (Wildman–Crippen LogP) is 2.15. The second kappa shape index (κ2) is 6.18. The Morgan fingerprint density at radius 3 is 3.04 bits per heavy atom. The van der Waals surface area contributed by atoms with Gasteiger partial charge < -0.3 is 9.42 Å². The molecule has 0 aromatic carbocycles. The summed E-state index contributed by atoms with van der Waals surface area (Å²) in [6.45, 7) is 5.82. The molecule has 126 valence electrons. The quantitative estimate of drug-likeness (QED) is 0.725. The number of hydrogen-bond donors (Lipinski definition) is 0. The fourth-order valence-electron chi connectivity index (χ4n) is 3.33. The van der Waals surface area contributed by atoms with Gasteiger partial charge >= 0.3 is 0 Å². The molecule has 1 fully saturated rings. The van der Waals surface area contributed by atoms with Gasteiger partial charge in [-0.3, -0.25) is 0 Å². The molecule has 24 heavy (non-hydrogen) atoms. The van der Waals surface area contributed by atoms with Crippen molar-refractivity contribution in [3.63, 3.8) is 0 Å². The summed E-state index contributed by atoms with van der Waals surface area (Å²) in [6, 6.07) is 2.13. The monoisotopic (exact) mass is 327 g/mol. The summed E-state index contributed by atoms with van der Waals surface area (Å²) in [7, 11) is 0. The molecule has 8 nitrogen and oxygen atoms in total. The van der Waals surface area contributed by atoms with Gasteiger partial charge in [0.15, 0.2) is 5.82 Å².